The first-order valence-electron chi connectivity index (χ1n) is 8.38. The van der Waals surface area contributed by atoms with Crippen molar-refractivity contribution >= 4 is 11.4 Å². The molecule has 0 unspecified atom stereocenters. The van der Waals surface area contributed by atoms with Crippen LogP contribution in [-0.4, -0.2) is 5.71 Å². The minimum absolute atomic E-state index is 0.831. The van der Waals surface area contributed by atoms with E-state index < -0.39 is 0 Å². The van der Waals surface area contributed by atoms with E-state index in [4.69, 9.17) is 4.99 Å². The van der Waals surface area contributed by atoms with Crippen LogP contribution in [0.3, 0.4) is 0 Å². The summed E-state index contributed by atoms with van der Waals surface area (Å²) < 4.78 is 0. The molecule has 1 heteroatoms. The normalized spacial score (nSPS) is 11.5. The van der Waals surface area contributed by atoms with E-state index in [2.05, 4.69) is 87.5 Å². The molecule has 0 spiro atoms. The van der Waals surface area contributed by atoms with Gasteiger partial charge in [-0.25, -0.2) is 0 Å². The van der Waals surface area contributed by atoms with Crippen LogP contribution in [0.4, 0.5) is 5.69 Å². The van der Waals surface area contributed by atoms with Gasteiger partial charge in [0.25, 0.3) is 0 Å². The molecule has 24 heavy (non-hydrogen) atoms. The van der Waals surface area contributed by atoms with Crippen LogP contribution >= 0.6 is 0 Å². The van der Waals surface area contributed by atoms with Gasteiger partial charge in [0.15, 0.2) is 0 Å². The summed E-state index contributed by atoms with van der Waals surface area (Å²) >= 11 is 0. The summed E-state index contributed by atoms with van der Waals surface area (Å²) in [6.45, 7) is 6.42. The summed E-state index contributed by atoms with van der Waals surface area (Å²) in [6.07, 6.45) is 0.831. The van der Waals surface area contributed by atoms with Crippen molar-refractivity contribution in [1.29, 1.82) is 0 Å². The van der Waals surface area contributed by atoms with E-state index in [0.717, 1.165) is 17.8 Å². The van der Waals surface area contributed by atoms with Crippen LogP contribution in [-0.2, 0) is 6.42 Å². The van der Waals surface area contributed by atoms with Crippen molar-refractivity contribution in [3.05, 3.63) is 101 Å². The van der Waals surface area contributed by atoms with E-state index in [1.165, 1.54) is 27.8 Å². The maximum absolute atomic E-state index is 5.08. The second kappa shape index (κ2) is 7.27. The molecule has 3 rings (SSSR count). The van der Waals surface area contributed by atoms with E-state index >= 15 is 0 Å². The van der Waals surface area contributed by atoms with Crippen LogP contribution in [0.2, 0.25) is 0 Å². The average Bonchev–Trinajstić information content (AvgIpc) is 2.58. The first-order chi connectivity index (χ1) is 11.6. The molecule has 3 aromatic carbocycles. The van der Waals surface area contributed by atoms with Gasteiger partial charge in [-0.15, -0.1) is 0 Å². The molecule has 0 radical (unpaired) electrons. The topological polar surface area (TPSA) is 12.4 Å². The summed E-state index contributed by atoms with van der Waals surface area (Å²) in [5.41, 5.74) is 8.41. The summed E-state index contributed by atoms with van der Waals surface area (Å²) in [5.74, 6) is 0. The Hall–Kier alpha value is -2.67. The second-order valence-corrected chi connectivity index (χ2v) is 6.33. The molecular formula is C23H23N. The lowest BCUT2D eigenvalue weighted by Gasteiger charge is -2.12. The van der Waals surface area contributed by atoms with Gasteiger partial charge in [-0.1, -0.05) is 78.4 Å². The Labute approximate surface area is 144 Å². The number of aliphatic imine (C=N–C) groups is 1. The minimum Gasteiger partial charge on any atom is -0.252 e. The second-order valence-electron chi connectivity index (χ2n) is 6.33. The fourth-order valence-electron chi connectivity index (χ4n) is 3.11. The van der Waals surface area contributed by atoms with Gasteiger partial charge >= 0.3 is 0 Å². The first kappa shape index (κ1) is 16.2. The quantitative estimate of drug-likeness (QED) is 0.526. The maximum atomic E-state index is 5.08. The van der Waals surface area contributed by atoms with Gasteiger partial charge in [-0.05, 0) is 43.0 Å². The van der Waals surface area contributed by atoms with E-state index in [9.17, 15) is 0 Å². The highest BCUT2D eigenvalue weighted by molar-refractivity contribution is 6.03. The molecule has 120 valence electrons. The molecule has 0 aliphatic rings. The van der Waals surface area contributed by atoms with Crippen molar-refractivity contribution in [1.82, 2.24) is 0 Å². The highest BCUT2D eigenvalue weighted by atomic mass is 14.8. The van der Waals surface area contributed by atoms with Gasteiger partial charge in [0.05, 0.1) is 11.4 Å². The minimum atomic E-state index is 0.831. The smallest absolute Gasteiger partial charge is 0.0691 e. The third kappa shape index (κ3) is 3.80. The summed E-state index contributed by atoms with van der Waals surface area (Å²) in [6, 6.07) is 25.4. The number of aryl methyl sites for hydroxylation is 3. The zero-order chi connectivity index (χ0) is 16.9. The lowest BCUT2D eigenvalue weighted by molar-refractivity contribution is 1.25. The lowest BCUT2D eigenvalue weighted by atomic mass is 10.0. The van der Waals surface area contributed by atoms with Crippen molar-refractivity contribution in [2.24, 2.45) is 4.99 Å². The molecule has 0 N–H and O–H groups in total. The summed E-state index contributed by atoms with van der Waals surface area (Å²) in [4.78, 5) is 5.08. The number of benzene rings is 3. The molecule has 3 aromatic rings. The Morgan fingerprint density at radius 1 is 0.750 bits per heavy atom. The fraction of sp³-hybridized carbons (Fsp3) is 0.174. The number of hydrogen-bond donors (Lipinski definition) is 0. The molecule has 0 heterocycles. The Balaban J connectivity index is 2.08. The molecule has 0 saturated heterocycles. The van der Waals surface area contributed by atoms with Crippen molar-refractivity contribution in [3.8, 4) is 0 Å². The van der Waals surface area contributed by atoms with Crippen molar-refractivity contribution in [3.63, 3.8) is 0 Å². The molecule has 0 aliphatic carbocycles. The van der Waals surface area contributed by atoms with Gasteiger partial charge < -0.3 is 0 Å². The maximum Gasteiger partial charge on any atom is 0.0691 e. The largest absolute Gasteiger partial charge is 0.252 e. The highest BCUT2D eigenvalue weighted by Crippen LogP contribution is 2.26. The Morgan fingerprint density at radius 3 is 1.88 bits per heavy atom. The Kier molecular flexibility index (Phi) is 4.90. The standard InChI is InChI=1S/C23H23N/c1-17-14-18(2)23(19(3)15-17)24-22(21-12-8-5-9-13-21)16-20-10-6-4-7-11-20/h4-15H,16H2,1-3H3/b24-22+. The van der Waals surface area contributed by atoms with Gasteiger partial charge in [0, 0.05) is 6.42 Å². The van der Waals surface area contributed by atoms with Crippen LogP contribution in [0.25, 0.3) is 0 Å². The number of nitrogens with zero attached hydrogens (tertiary/aromatic N) is 1. The monoisotopic (exact) mass is 313 g/mol. The summed E-state index contributed by atoms with van der Waals surface area (Å²) in [5, 5.41) is 0. The van der Waals surface area contributed by atoms with Gasteiger partial charge in [0.1, 0.15) is 0 Å². The third-order valence-electron chi connectivity index (χ3n) is 4.20. The average molecular weight is 313 g/mol. The number of rotatable bonds is 4. The lowest BCUT2D eigenvalue weighted by Crippen LogP contribution is -2.05. The van der Waals surface area contributed by atoms with Crippen molar-refractivity contribution in [2.45, 2.75) is 27.2 Å². The molecule has 0 amide bonds. The van der Waals surface area contributed by atoms with Crippen LogP contribution in [0, 0.1) is 20.8 Å². The van der Waals surface area contributed by atoms with E-state index in [-0.39, 0.29) is 0 Å². The fourth-order valence-corrected chi connectivity index (χ4v) is 3.11. The molecule has 0 bridgehead atoms. The zero-order valence-corrected chi connectivity index (χ0v) is 14.6. The third-order valence-corrected chi connectivity index (χ3v) is 4.20. The SMILES string of the molecule is Cc1cc(C)c(/N=C(\Cc2ccccc2)c2ccccc2)c(C)c1. The molecule has 0 aliphatic heterocycles. The molecule has 0 aromatic heterocycles. The molecule has 0 atom stereocenters. The van der Waals surface area contributed by atoms with Crippen LogP contribution in [0.5, 0.6) is 0 Å². The van der Waals surface area contributed by atoms with Gasteiger partial charge in [0.2, 0.25) is 0 Å². The van der Waals surface area contributed by atoms with Crippen LogP contribution < -0.4 is 0 Å². The molecule has 0 fully saturated rings. The molecule has 1 nitrogen and oxygen atoms in total. The van der Waals surface area contributed by atoms with E-state index in [0.29, 0.717) is 0 Å². The zero-order valence-electron chi connectivity index (χ0n) is 14.6. The number of hydrogen-bond acceptors (Lipinski definition) is 1. The highest BCUT2D eigenvalue weighted by Gasteiger charge is 2.08. The Morgan fingerprint density at radius 2 is 1.29 bits per heavy atom. The van der Waals surface area contributed by atoms with Crippen LogP contribution in [0.15, 0.2) is 77.8 Å². The Bertz CT molecular complexity index is 823. The summed E-state index contributed by atoms with van der Waals surface area (Å²) in [7, 11) is 0. The van der Waals surface area contributed by atoms with Gasteiger partial charge in [-0.3, -0.25) is 4.99 Å². The predicted molar refractivity (Wildman–Crippen MR) is 103 cm³/mol. The first-order valence-corrected chi connectivity index (χ1v) is 8.38. The van der Waals surface area contributed by atoms with Crippen molar-refractivity contribution < 1.29 is 0 Å². The molecule has 0 saturated carbocycles. The predicted octanol–water partition coefficient (Wildman–Crippen LogP) is 5.98. The van der Waals surface area contributed by atoms with E-state index in [1.54, 1.807) is 0 Å². The van der Waals surface area contributed by atoms with E-state index in [1.807, 2.05) is 6.07 Å². The van der Waals surface area contributed by atoms with Crippen molar-refractivity contribution in [2.75, 3.05) is 0 Å². The molecular weight excluding hydrogens is 290 g/mol. The van der Waals surface area contributed by atoms with Crippen LogP contribution in [0.1, 0.15) is 27.8 Å². The van der Waals surface area contributed by atoms with Gasteiger partial charge in [-0.2, -0.15) is 0 Å².